The fourth-order valence-corrected chi connectivity index (χ4v) is 1.91. The largest absolute Gasteiger partial charge is 0.472 e. The quantitative estimate of drug-likeness (QED) is 0.824. The van der Waals surface area contributed by atoms with Crippen molar-refractivity contribution in [2.75, 3.05) is 13.7 Å². The Morgan fingerprint density at radius 2 is 1.95 bits per heavy atom. The van der Waals surface area contributed by atoms with Gasteiger partial charge in [0.25, 0.3) is 0 Å². The number of pyridine rings is 1. The van der Waals surface area contributed by atoms with Crippen molar-refractivity contribution in [2.24, 2.45) is 0 Å². The summed E-state index contributed by atoms with van der Waals surface area (Å²) in [5.74, 6) is 0.718. The molecule has 19 heavy (non-hydrogen) atoms. The van der Waals surface area contributed by atoms with E-state index in [0.29, 0.717) is 12.6 Å². The first-order valence-electron chi connectivity index (χ1n) is 6.80. The van der Waals surface area contributed by atoms with Crippen molar-refractivity contribution in [2.45, 2.75) is 53.3 Å². The van der Waals surface area contributed by atoms with Gasteiger partial charge >= 0.3 is 0 Å². The molecule has 0 amide bonds. The molecule has 1 unspecified atom stereocenters. The van der Waals surface area contributed by atoms with Crippen LogP contribution in [0.15, 0.2) is 6.07 Å². The highest BCUT2D eigenvalue weighted by molar-refractivity contribution is 5.36. The van der Waals surface area contributed by atoms with Gasteiger partial charge in [0.1, 0.15) is 6.10 Å². The SMILES string of the molecule is COCC(C)Oc1nc(C)cc(C)c1CNC(C)C. The van der Waals surface area contributed by atoms with E-state index in [0.717, 1.165) is 23.7 Å². The molecule has 1 rings (SSSR count). The molecular weight excluding hydrogens is 240 g/mol. The zero-order valence-corrected chi connectivity index (χ0v) is 12.9. The molecule has 108 valence electrons. The van der Waals surface area contributed by atoms with Crippen molar-refractivity contribution in [1.29, 1.82) is 0 Å². The molecular formula is C15H26N2O2. The van der Waals surface area contributed by atoms with Crippen LogP contribution in [0.4, 0.5) is 0 Å². The average molecular weight is 266 g/mol. The van der Waals surface area contributed by atoms with Crippen LogP contribution in [-0.2, 0) is 11.3 Å². The van der Waals surface area contributed by atoms with Gasteiger partial charge < -0.3 is 14.8 Å². The van der Waals surface area contributed by atoms with Crippen molar-refractivity contribution >= 4 is 0 Å². The van der Waals surface area contributed by atoms with Crippen LogP contribution in [0.2, 0.25) is 0 Å². The highest BCUT2D eigenvalue weighted by Crippen LogP contribution is 2.22. The standard InChI is InChI=1S/C15H26N2O2/c1-10(2)16-8-14-11(3)7-12(4)17-15(14)19-13(5)9-18-6/h7,10,13,16H,8-9H2,1-6H3. The third-order valence-electron chi connectivity index (χ3n) is 2.84. The molecule has 0 aliphatic carbocycles. The maximum Gasteiger partial charge on any atom is 0.218 e. The van der Waals surface area contributed by atoms with Crippen LogP contribution in [-0.4, -0.2) is 30.8 Å². The maximum absolute atomic E-state index is 5.90. The average Bonchev–Trinajstić information content (AvgIpc) is 2.27. The third-order valence-corrected chi connectivity index (χ3v) is 2.84. The fraction of sp³-hybridized carbons (Fsp3) is 0.667. The van der Waals surface area contributed by atoms with E-state index in [1.807, 2.05) is 13.8 Å². The third kappa shape index (κ3) is 5.17. The van der Waals surface area contributed by atoms with E-state index in [-0.39, 0.29) is 6.10 Å². The van der Waals surface area contributed by atoms with Gasteiger partial charge in [-0.2, -0.15) is 0 Å². The van der Waals surface area contributed by atoms with Crippen LogP contribution in [0.25, 0.3) is 0 Å². The Hall–Kier alpha value is -1.13. The van der Waals surface area contributed by atoms with Gasteiger partial charge in [0.15, 0.2) is 0 Å². The van der Waals surface area contributed by atoms with Crippen LogP contribution in [0.5, 0.6) is 5.88 Å². The van der Waals surface area contributed by atoms with Crippen LogP contribution >= 0.6 is 0 Å². The summed E-state index contributed by atoms with van der Waals surface area (Å²) in [6.45, 7) is 11.7. The zero-order chi connectivity index (χ0) is 14.4. The molecule has 0 saturated carbocycles. The van der Waals surface area contributed by atoms with Gasteiger partial charge in [-0.05, 0) is 32.4 Å². The Kier molecular flexibility index (Phi) is 6.25. The molecule has 0 aliphatic heterocycles. The topological polar surface area (TPSA) is 43.4 Å². The number of methoxy groups -OCH3 is 1. The van der Waals surface area contributed by atoms with Gasteiger partial charge in [-0.15, -0.1) is 0 Å². The van der Waals surface area contributed by atoms with Crippen LogP contribution in [0.1, 0.15) is 37.6 Å². The van der Waals surface area contributed by atoms with Crippen molar-refractivity contribution in [1.82, 2.24) is 10.3 Å². The molecule has 1 aromatic rings. The molecule has 0 radical (unpaired) electrons. The number of rotatable bonds is 7. The molecule has 4 nitrogen and oxygen atoms in total. The van der Waals surface area contributed by atoms with Gasteiger partial charge in [0.2, 0.25) is 5.88 Å². The molecule has 0 spiro atoms. The minimum atomic E-state index is -0.00324. The van der Waals surface area contributed by atoms with Gasteiger partial charge in [-0.3, -0.25) is 0 Å². The van der Waals surface area contributed by atoms with Crippen molar-refractivity contribution in [3.63, 3.8) is 0 Å². The molecule has 0 bridgehead atoms. The summed E-state index contributed by atoms with van der Waals surface area (Å²) < 4.78 is 11.0. The van der Waals surface area contributed by atoms with E-state index in [4.69, 9.17) is 9.47 Å². The summed E-state index contributed by atoms with van der Waals surface area (Å²) in [5, 5.41) is 3.42. The van der Waals surface area contributed by atoms with E-state index in [1.54, 1.807) is 7.11 Å². The lowest BCUT2D eigenvalue weighted by Crippen LogP contribution is -2.25. The Bertz CT molecular complexity index is 405. The number of ether oxygens (including phenoxy) is 2. The number of hydrogen-bond acceptors (Lipinski definition) is 4. The van der Waals surface area contributed by atoms with Crippen molar-refractivity contribution < 1.29 is 9.47 Å². The zero-order valence-electron chi connectivity index (χ0n) is 12.9. The van der Waals surface area contributed by atoms with Crippen LogP contribution < -0.4 is 10.1 Å². The van der Waals surface area contributed by atoms with Gasteiger partial charge in [-0.25, -0.2) is 4.98 Å². The van der Waals surface area contributed by atoms with Gasteiger partial charge in [0, 0.05) is 31.0 Å². The van der Waals surface area contributed by atoms with Crippen LogP contribution in [0.3, 0.4) is 0 Å². The first-order chi connectivity index (χ1) is 8.93. The number of hydrogen-bond donors (Lipinski definition) is 1. The first kappa shape index (κ1) is 15.9. The lowest BCUT2D eigenvalue weighted by molar-refractivity contribution is 0.0879. The van der Waals surface area contributed by atoms with Gasteiger partial charge in [0.05, 0.1) is 6.61 Å². The second-order valence-electron chi connectivity index (χ2n) is 5.28. The summed E-state index contributed by atoms with van der Waals surface area (Å²) in [6, 6.07) is 2.52. The monoisotopic (exact) mass is 266 g/mol. The molecule has 1 N–H and O–H groups in total. The molecule has 0 aliphatic rings. The Labute approximate surface area is 116 Å². The minimum Gasteiger partial charge on any atom is -0.472 e. The molecule has 0 fully saturated rings. The second kappa shape index (κ2) is 7.46. The Morgan fingerprint density at radius 1 is 1.26 bits per heavy atom. The Balaban J connectivity index is 2.92. The minimum absolute atomic E-state index is 0.00324. The number of aromatic nitrogens is 1. The number of nitrogens with zero attached hydrogens (tertiary/aromatic N) is 1. The molecule has 0 saturated heterocycles. The van der Waals surface area contributed by atoms with E-state index in [1.165, 1.54) is 5.56 Å². The van der Waals surface area contributed by atoms with E-state index in [9.17, 15) is 0 Å². The summed E-state index contributed by atoms with van der Waals surface area (Å²) in [6.07, 6.45) is -0.00324. The molecule has 1 aromatic heterocycles. The van der Waals surface area contributed by atoms with Crippen LogP contribution in [0, 0.1) is 13.8 Å². The highest BCUT2D eigenvalue weighted by atomic mass is 16.5. The summed E-state index contributed by atoms with van der Waals surface area (Å²) in [4.78, 5) is 4.52. The normalized spacial score (nSPS) is 12.8. The van der Waals surface area contributed by atoms with Crippen molar-refractivity contribution in [3.05, 3.63) is 22.9 Å². The maximum atomic E-state index is 5.90. The predicted molar refractivity (Wildman–Crippen MR) is 77.7 cm³/mol. The van der Waals surface area contributed by atoms with E-state index < -0.39 is 0 Å². The number of aryl methyl sites for hydroxylation is 2. The van der Waals surface area contributed by atoms with Crippen molar-refractivity contribution in [3.8, 4) is 5.88 Å². The molecule has 4 heteroatoms. The molecule has 0 aromatic carbocycles. The van der Waals surface area contributed by atoms with Gasteiger partial charge in [-0.1, -0.05) is 13.8 Å². The molecule has 1 atom stereocenters. The first-order valence-corrected chi connectivity index (χ1v) is 6.80. The second-order valence-corrected chi connectivity index (χ2v) is 5.28. The Morgan fingerprint density at radius 3 is 2.53 bits per heavy atom. The summed E-state index contributed by atoms with van der Waals surface area (Å²) in [5.41, 5.74) is 3.31. The highest BCUT2D eigenvalue weighted by Gasteiger charge is 2.13. The smallest absolute Gasteiger partial charge is 0.218 e. The summed E-state index contributed by atoms with van der Waals surface area (Å²) in [7, 11) is 1.68. The van der Waals surface area contributed by atoms with E-state index in [2.05, 4.69) is 37.1 Å². The summed E-state index contributed by atoms with van der Waals surface area (Å²) >= 11 is 0. The lowest BCUT2D eigenvalue weighted by Gasteiger charge is -2.19. The van der Waals surface area contributed by atoms with E-state index >= 15 is 0 Å². The molecule has 1 heterocycles. The lowest BCUT2D eigenvalue weighted by atomic mass is 10.1. The predicted octanol–water partition coefficient (Wildman–Crippen LogP) is 2.61. The number of nitrogens with one attached hydrogen (secondary N) is 1. The fourth-order valence-electron chi connectivity index (χ4n) is 1.91.